The van der Waals surface area contributed by atoms with Crippen molar-refractivity contribution in [2.75, 3.05) is 13.1 Å². The molecule has 0 aliphatic carbocycles. The first-order valence-electron chi connectivity index (χ1n) is 5.89. The summed E-state index contributed by atoms with van der Waals surface area (Å²) in [7, 11) is 0. The highest BCUT2D eigenvalue weighted by Gasteiger charge is 2.40. The lowest BCUT2D eigenvalue weighted by atomic mass is 9.97. The van der Waals surface area contributed by atoms with Crippen LogP contribution in [0.25, 0.3) is 0 Å². The molecule has 0 aromatic heterocycles. The van der Waals surface area contributed by atoms with Crippen LogP contribution in [0.4, 0.5) is 0 Å². The molecule has 0 atom stereocenters. The third-order valence-corrected chi connectivity index (χ3v) is 4.48. The van der Waals surface area contributed by atoms with Crippen LogP contribution in [0.3, 0.4) is 0 Å². The zero-order valence-corrected chi connectivity index (χ0v) is 13.0. The number of benzene rings is 1. The van der Waals surface area contributed by atoms with Crippen molar-refractivity contribution in [1.29, 1.82) is 0 Å². The number of hydrogen-bond donors (Lipinski definition) is 1. The molecule has 1 fully saturated rings. The predicted molar refractivity (Wildman–Crippen MR) is 77.3 cm³/mol. The summed E-state index contributed by atoms with van der Waals surface area (Å²) < 4.78 is 0.666. The van der Waals surface area contributed by atoms with Crippen LogP contribution in [0, 0.1) is 0 Å². The number of amides is 2. The van der Waals surface area contributed by atoms with E-state index >= 15 is 0 Å². The molecule has 0 bridgehead atoms. The molecule has 0 radical (unpaired) electrons. The van der Waals surface area contributed by atoms with Gasteiger partial charge in [0, 0.05) is 23.1 Å². The number of nitrogens with zero attached hydrogens (tertiary/aromatic N) is 1. The van der Waals surface area contributed by atoms with Crippen LogP contribution in [0.15, 0.2) is 22.7 Å². The molecule has 19 heavy (non-hydrogen) atoms. The summed E-state index contributed by atoms with van der Waals surface area (Å²) in [6.07, 6.45) is 0. The lowest BCUT2D eigenvalue weighted by molar-refractivity contribution is -0.133. The first kappa shape index (κ1) is 14.3. The fourth-order valence-electron chi connectivity index (χ4n) is 2.04. The van der Waals surface area contributed by atoms with Gasteiger partial charge in [-0.15, -0.1) is 0 Å². The highest BCUT2D eigenvalue weighted by Crippen LogP contribution is 2.26. The predicted octanol–water partition coefficient (Wildman–Crippen LogP) is 2.45. The Morgan fingerprint density at radius 3 is 2.79 bits per heavy atom. The van der Waals surface area contributed by atoms with Crippen molar-refractivity contribution < 1.29 is 9.59 Å². The Bertz CT molecular complexity index is 545. The van der Waals surface area contributed by atoms with Gasteiger partial charge in [0.25, 0.3) is 5.91 Å². The Morgan fingerprint density at radius 1 is 1.47 bits per heavy atom. The summed E-state index contributed by atoms with van der Waals surface area (Å²) in [5.74, 6) is -0.308. The van der Waals surface area contributed by atoms with Crippen molar-refractivity contribution in [3.8, 4) is 0 Å². The minimum Gasteiger partial charge on any atom is -0.352 e. The van der Waals surface area contributed by atoms with Crippen LogP contribution < -0.4 is 5.32 Å². The van der Waals surface area contributed by atoms with Gasteiger partial charge in [-0.2, -0.15) is 0 Å². The molecule has 1 aliphatic rings. The minimum absolute atomic E-state index is 0.139. The standard InChI is InChI=1S/C13H14BrClN2O2/c1-13(2)12(19)16-5-6-17(13)11(18)8-3-4-10(15)9(14)7-8/h3-4,7H,5-6H2,1-2H3,(H,16,19). The molecular formula is C13H14BrClN2O2. The Kier molecular flexibility index (Phi) is 3.87. The number of nitrogens with one attached hydrogen (secondary N) is 1. The van der Waals surface area contributed by atoms with E-state index < -0.39 is 5.54 Å². The molecule has 2 amide bonds. The van der Waals surface area contributed by atoms with Gasteiger partial charge in [-0.3, -0.25) is 9.59 Å². The second-order valence-corrected chi connectivity index (χ2v) is 6.16. The van der Waals surface area contributed by atoms with Crippen molar-refractivity contribution >= 4 is 39.3 Å². The van der Waals surface area contributed by atoms with Crippen LogP contribution in [0.1, 0.15) is 24.2 Å². The molecule has 0 spiro atoms. The van der Waals surface area contributed by atoms with E-state index in [1.807, 2.05) is 0 Å². The summed E-state index contributed by atoms with van der Waals surface area (Å²) in [4.78, 5) is 25.9. The normalized spacial score (nSPS) is 18.1. The smallest absolute Gasteiger partial charge is 0.254 e. The van der Waals surface area contributed by atoms with Gasteiger partial charge in [-0.05, 0) is 48.0 Å². The van der Waals surface area contributed by atoms with Gasteiger partial charge in [0.05, 0.1) is 5.02 Å². The van der Waals surface area contributed by atoms with Crippen LogP contribution in [0.5, 0.6) is 0 Å². The monoisotopic (exact) mass is 344 g/mol. The minimum atomic E-state index is -0.846. The number of rotatable bonds is 1. The molecule has 2 rings (SSSR count). The summed E-state index contributed by atoms with van der Waals surface area (Å²) in [6, 6.07) is 5.00. The first-order valence-corrected chi connectivity index (χ1v) is 7.06. The molecule has 1 saturated heterocycles. The number of carbonyl (C=O) groups excluding carboxylic acids is 2. The number of halogens is 2. The third-order valence-electron chi connectivity index (χ3n) is 3.26. The quantitative estimate of drug-likeness (QED) is 0.850. The summed E-state index contributed by atoms with van der Waals surface area (Å²) in [6.45, 7) is 4.45. The number of piperazine rings is 1. The lowest BCUT2D eigenvalue weighted by Crippen LogP contribution is -2.63. The maximum Gasteiger partial charge on any atom is 0.254 e. The van der Waals surface area contributed by atoms with Gasteiger partial charge in [-0.1, -0.05) is 11.6 Å². The second-order valence-electron chi connectivity index (χ2n) is 4.90. The van der Waals surface area contributed by atoms with Crippen LogP contribution >= 0.6 is 27.5 Å². The Balaban J connectivity index is 2.32. The fraction of sp³-hybridized carbons (Fsp3) is 0.385. The van der Waals surface area contributed by atoms with Gasteiger partial charge in [0.2, 0.25) is 5.91 Å². The lowest BCUT2D eigenvalue weighted by Gasteiger charge is -2.41. The maximum atomic E-state index is 12.5. The summed E-state index contributed by atoms with van der Waals surface area (Å²) in [5, 5.41) is 3.31. The van der Waals surface area contributed by atoms with Gasteiger partial charge < -0.3 is 10.2 Å². The molecule has 6 heteroatoms. The largest absolute Gasteiger partial charge is 0.352 e. The molecule has 4 nitrogen and oxygen atoms in total. The summed E-state index contributed by atoms with van der Waals surface area (Å²) >= 11 is 9.21. The SMILES string of the molecule is CC1(C)C(=O)NCCN1C(=O)c1ccc(Cl)c(Br)c1. The highest BCUT2D eigenvalue weighted by molar-refractivity contribution is 9.10. The zero-order chi connectivity index (χ0) is 14.2. The van der Waals surface area contributed by atoms with E-state index in [2.05, 4.69) is 21.2 Å². The molecule has 1 N–H and O–H groups in total. The van der Waals surface area contributed by atoms with Crippen molar-refractivity contribution in [2.45, 2.75) is 19.4 Å². The van der Waals surface area contributed by atoms with Gasteiger partial charge in [-0.25, -0.2) is 0 Å². The van der Waals surface area contributed by atoms with Crippen LogP contribution in [-0.4, -0.2) is 35.3 Å². The molecule has 102 valence electrons. The topological polar surface area (TPSA) is 49.4 Å². The Labute approximate surface area is 125 Å². The number of hydrogen-bond acceptors (Lipinski definition) is 2. The molecule has 1 aromatic rings. The van der Waals surface area contributed by atoms with E-state index in [-0.39, 0.29) is 11.8 Å². The van der Waals surface area contributed by atoms with Gasteiger partial charge >= 0.3 is 0 Å². The molecule has 1 aliphatic heterocycles. The average molecular weight is 346 g/mol. The van der Waals surface area contributed by atoms with E-state index in [0.29, 0.717) is 28.1 Å². The summed E-state index contributed by atoms with van der Waals surface area (Å²) in [5.41, 5.74) is -0.333. The Morgan fingerprint density at radius 2 is 2.16 bits per heavy atom. The average Bonchev–Trinajstić information content (AvgIpc) is 2.35. The van der Waals surface area contributed by atoms with E-state index in [0.717, 1.165) is 0 Å². The molecular weight excluding hydrogens is 332 g/mol. The van der Waals surface area contributed by atoms with Crippen molar-refractivity contribution in [2.24, 2.45) is 0 Å². The van der Waals surface area contributed by atoms with E-state index in [9.17, 15) is 9.59 Å². The van der Waals surface area contributed by atoms with Crippen LogP contribution in [-0.2, 0) is 4.79 Å². The van der Waals surface area contributed by atoms with Gasteiger partial charge in [0.15, 0.2) is 0 Å². The van der Waals surface area contributed by atoms with E-state index in [1.54, 1.807) is 36.9 Å². The number of carbonyl (C=O) groups is 2. The first-order chi connectivity index (χ1) is 8.84. The maximum absolute atomic E-state index is 12.5. The molecule has 0 unspecified atom stereocenters. The van der Waals surface area contributed by atoms with Crippen molar-refractivity contribution in [3.05, 3.63) is 33.3 Å². The Hall–Kier alpha value is -1.07. The van der Waals surface area contributed by atoms with E-state index in [1.165, 1.54) is 0 Å². The zero-order valence-electron chi connectivity index (χ0n) is 10.7. The fourth-order valence-corrected chi connectivity index (χ4v) is 2.54. The molecule has 0 saturated carbocycles. The van der Waals surface area contributed by atoms with Crippen molar-refractivity contribution in [1.82, 2.24) is 10.2 Å². The second kappa shape index (κ2) is 5.13. The van der Waals surface area contributed by atoms with Crippen LogP contribution in [0.2, 0.25) is 5.02 Å². The van der Waals surface area contributed by atoms with Crippen molar-refractivity contribution in [3.63, 3.8) is 0 Å². The van der Waals surface area contributed by atoms with E-state index in [4.69, 9.17) is 11.6 Å². The molecule has 1 aromatic carbocycles. The van der Waals surface area contributed by atoms with Gasteiger partial charge in [0.1, 0.15) is 5.54 Å². The third kappa shape index (κ3) is 2.62. The molecule has 1 heterocycles. The highest BCUT2D eigenvalue weighted by atomic mass is 79.9.